The van der Waals surface area contributed by atoms with Crippen LogP contribution in [0.1, 0.15) is 61.7 Å². The Morgan fingerprint density at radius 3 is 2.48 bits per heavy atom. The van der Waals surface area contributed by atoms with E-state index >= 15 is 0 Å². The van der Waals surface area contributed by atoms with Crippen molar-refractivity contribution in [3.63, 3.8) is 0 Å². The average Bonchev–Trinajstić information content (AvgIpc) is 3.26. The van der Waals surface area contributed by atoms with Crippen molar-refractivity contribution in [2.75, 3.05) is 50.5 Å². The monoisotopic (exact) mass is 400 g/mol. The summed E-state index contributed by atoms with van der Waals surface area (Å²) < 4.78 is 0. The van der Waals surface area contributed by atoms with Gasteiger partial charge in [0, 0.05) is 36.9 Å². The molecule has 1 aromatic carbocycles. The summed E-state index contributed by atoms with van der Waals surface area (Å²) in [5, 5.41) is 6.12. The minimum Gasteiger partial charge on any atom is -0.371 e. The first kappa shape index (κ1) is 21.6. The molecular formula is C23H36N4O2. The molecule has 0 bridgehead atoms. The number of nitrogens with one attached hydrogen (secondary N) is 2. The largest absolute Gasteiger partial charge is 0.371 e. The lowest BCUT2D eigenvalue weighted by molar-refractivity contribution is -0.120. The topological polar surface area (TPSA) is 64.7 Å². The number of hydrogen-bond acceptors (Lipinski definition) is 4. The van der Waals surface area contributed by atoms with Crippen molar-refractivity contribution in [1.82, 2.24) is 10.2 Å². The summed E-state index contributed by atoms with van der Waals surface area (Å²) >= 11 is 0. The van der Waals surface area contributed by atoms with Crippen LogP contribution in [0.25, 0.3) is 0 Å². The molecule has 2 fully saturated rings. The van der Waals surface area contributed by atoms with Crippen LogP contribution < -0.4 is 15.5 Å². The molecule has 0 unspecified atom stereocenters. The number of benzene rings is 1. The van der Waals surface area contributed by atoms with Gasteiger partial charge in [-0.2, -0.15) is 0 Å². The van der Waals surface area contributed by atoms with Gasteiger partial charge in [-0.1, -0.05) is 19.3 Å². The summed E-state index contributed by atoms with van der Waals surface area (Å²) in [5.74, 6) is 0.140. The molecule has 2 N–H and O–H groups in total. The normalized spacial score (nSPS) is 17.6. The van der Waals surface area contributed by atoms with Gasteiger partial charge in [0.15, 0.2) is 0 Å². The molecule has 1 aromatic rings. The van der Waals surface area contributed by atoms with E-state index in [0.29, 0.717) is 12.1 Å². The third-order valence-corrected chi connectivity index (χ3v) is 6.00. The number of anilines is 2. The Hall–Kier alpha value is -2.08. The van der Waals surface area contributed by atoms with Gasteiger partial charge in [0.2, 0.25) is 5.91 Å². The molecular weight excluding hydrogens is 364 g/mol. The van der Waals surface area contributed by atoms with E-state index in [2.05, 4.69) is 20.4 Å². The minimum absolute atomic E-state index is 0.0561. The molecule has 1 aliphatic heterocycles. The molecule has 1 saturated carbocycles. The number of rotatable bonds is 8. The highest BCUT2D eigenvalue weighted by molar-refractivity contribution is 6.02. The van der Waals surface area contributed by atoms with Crippen molar-refractivity contribution in [1.29, 1.82) is 0 Å². The Balaban J connectivity index is 1.70. The predicted molar refractivity (Wildman–Crippen MR) is 119 cm³/mol. The second kappa shape index (κ2) is 10.6. The Labute approximate surface area is 175 Å². The summed E-state index contributed by atoms with van der Waals surface area (Å²) in [7, 11) is 4.07. The zero-order valence-electron chi connectivity index (χ0n) is 18.0. The molecule has 1 heterocycles. The SMILES string of the molecule is CN(C)CCCNC(=O)c1cc(NC(=O)C2CCCCC2)ccc1N1CCCC1. The average molecular weight is 401 g/mol. The van der Waals surface area contributed by atoms with Crippen molar-refractivity contribution >= 4 is 23.2 Å². The zero-order chi connectivity index (χ0) is 20.6. The highest BCUT2D eigenvalue weighted by Gasteiger charge is 2.23. The van der Waals surface area contributed by atoms with Gasteiger partial charge >= 0.3 is 0 Å². The van der Waals surface area contributed by atoms with Gasteiger partial charge < -0.3 is 20.4 Å². The summed E-state index contributed by atoms with van der Waals surface area (Å²) in [6.07, 6.45) is 8.66. The van der Waals surface area contributed by atoms with Crippen molar-refractivity contribution in [3.05, 3.63) is 23.8 Å². The quantitative estimate of drug-likeness (QED) is 0.656. The van der Waals surface area contributed by atoms with E-state index in [1.807, 2.05) is 32.3 Å². The standard InChI is InChI=1S/C23H36N4O2/c1-26(2)14-8-13-24-23(29)20-17-19(11-12-21(20)27-15-6-7-16-27)25-22(28)18-9-4-3-5-10-18/h11-12,17-18H,3-10,13-16H2,1-2H3,(H,24,29)(H,25,28). The van der Waals surface area contributed by atoms with Crippen molar-refractivity contribution in [3.8, 4) is 0 Å². The maximum absolute atomic E-state index is 12.9. The van der Waals surface area contributed by atoms with Crippen LogP contribution in [0.2, 0.25) is 0 Å². The van der Waals surface area contributed by atoms with E-state index in [1.165, 1.54) is 6.42 Å². The van der Waals surface area contributed by atoms with Gasteiger partial charge in [0.25, 0.3) is 5.91 Å². The number of carbonyl (C=O) groups excluding carboxylic acids is 2. The van der Waals surface area contributed by atoms with E-state index in [4.69, 9.17) is 0 Å². The van der Waals surface area contributed by atoms with Gasteiger partial charge in [0.1, 0.15) is 0 Å². The van der Waals surface area contributed by atoms with Gasteiger partial charge in [0.05, 0.1) is 5.56 Å². The molecule has 2 amide bonds. The Bertz CT molecular complexity index is 692. The third kappa shape index (κ3) is 6.20. The Kier molecular flexibility index (Phi) is 7.92. The fourth-order valence-electron chi connectivity index (χ4n) is 4.33. The van der Waals surface area contributed by atoms with Gasteiger partial charge in [-0.05, 0) is 70.9 Å². The van der Waals surface area contributed by atoms with E-state index in [-0.39, 0.29) is 17.7 Å². The molecule has 3 rings (SSSR count). The van der Waals surface area contributed by atoms with Gasteiger partial charge in [-0.15, -0.1) is 0 Å². The Morgan fingerprint density at radius 1 is 1.07 bits per heavy atom. The fraction of sp³-hybridized carbons (Fsp3) is 0.652. The molecule has 0 spiro atoms. The first-order valence-corrected chi connectivity index (χ1v) is 11.2. The molecule has 2 aliphatic rings. The second-order valence-corrected chi connectivity index (χ2v) is 8.66. The van der Waals surface area contributed by atoms with Crippen LogP contribution in [-0.4, -0.2) is 57.0 Å². The molecule has 0 radical (unpaired) electrons. The lowest BCUT2D eigenvalue weighted by Crippen LogP contribution is -2.30. The second-order valence-electron chi connectivity index (χ2n) is 8.66. The maximum Gasteiger partial charge on any atom is 0.253 e. The number of hydrogen-bond donors (Lipinski definition) is 2. The van der Waals surface area contributed by atoms with Crippen LogP contribution in [0.5, 0.6) is 0 Å². The van der Waals surface area contributed by atoms with E-state index in [9.17, 15) is 9.59 Å². The van der Waals surface area contributed by atoms with Crippen LogP contribution in [0.15, 0.2) is 18.2 Å². The third-order valence-electron chi connectivity index (χ3n) is 6.00. The first-order valence-electron chi connectivity index (χ1n) is 11.2. The lowest BCUT2D eigenvalue weighted by atomic mass is 9.88. The number of nitrogens with zero attached hydrogens (tertiary/aromatic N) is 2. The molecule has 0 aromatic heterocycles. The molecule has 6 heteroatoms. The Morgan fingerprint density at radius 2 is 1.79 bits per heavy atom. The lowest BCUT2D eigenvalue weighted by Gasteiger charge is -2.23. The van der Waals surface area contributed by atoms with Crippen molar-refractivity contribution in [2.24, 2.45) is 5.92 Å². The van der Waals surface area contributed by atoms with Crippen LogP contribution in [0, 0.1) is 5.92 Å². The number of carbonyl (C=O) groups is 2. The van der Waals surface area contributed by atoms with Crippen molar-refractivity contribution in [2.45, 2.75) is 51.4 Å². The first-order chi connectivity index (χ1) is 14.0. The highest BCUT2D eigenvalue weighted by Crippen LogP contribution is 2.29. The summed E-state index contributed by atoms with van der Waals surface area (Å²) in [6.45, 7) is 3.55. The summed E-state index contributed by atoms with van der Waals surface area (Å²) in [5.41, 5.74) is 2.36. The molecule has 6 nitrogen and oxygen atoms in total. The highest BCUT2D eigenvalue weighted by atomic mass is 16.2. The maximum atomic E-state index is 12.9. The van der Waals surface area contributed by atoms with Crippen LogP contribution in [0.4, 0.5) is 11.4 Å². The minimum atomic E-state index is -0.0561. The molecule has 1 saturated heterocycles. The summed E-state index contributed by atoms with van der Waals surface area (Å²) in [4.78, 5) is 30.0. The molecule has 160 valence electrons. The van der Waals surface area contributed by atoms with E-state index in [1.54, 1.807) is 0 Å². The van der Waals surface area contributed by atoms with Crippen LogP contribution in [0.3, 0.4) is 0 Å². The van der Waals surface area contributed by atoms with E-state index < -0.39 is 0 Å². The number of amides is 2. The predicted octanol–water partition coefficient (Wildman–Crippen LogP) is 3.49. The zero-order valence-corrected chi connectivity index (χ0v) is 18.0. The molecule has 0 atom stereocenters. The van der Waals surface area contributed by atoms with Gasteiger partial charge in [-0.25, -0.2) is 0 Å². The van der Waals surface area contributed by atoms with Crippen LogP contribution in [-0.2, 0) is 4.79 Å². The summed E-state index contributed by atoms with van der Waals surface area (Å²) in [6, 6.07) is 5.80. The molecule has 1 aliphatic carbocycles. The van der Waals surface area contributed by atoms with Crippen molar-refractivity contribution < 1.29 is 9.59 Å². The fourth-order valence-corrected chi connectivity index (χ4v) is 4.33. The smallest absolute Gasteiger partial charge is 0.253 e. The van der Waals surface area contributed by atoms with Crippen LogP contribution >= 0.6 is 0 Å². The van der Waals surface area contributed by atoms with E-state index in [0.717, 1.165) is 76.0 Å². The molecule has 29 heavy (non-hydrogen) atoms. The van der Waals surface area contributed by atoms with Gasteiger partial charge in [-0.3, -0.25) is 9.59 Å².